The maximum Gasteiger partial charge on any atom is 0.175 e. The summed E-state index contributed by atoms with van der Waals surface area (Å²) < 4.78 is 12.0. The van der Waals surface area contributed by atoms with E-state index in [1.807, 2.05) is 25.3 Å². The second kappa shape index (κ2) is 9.44. The molecular weight excluding hydrogens is 476 g/mol. The second-order valence-corrected chi connectivity index (χ2v) is 9.23. The summed E-state index contributed by atoms with van der Waals surface area (Å²) in [6.45, 7) is 2.53. The van der Waals surface area contributed by atoms with Crippen molar-refractivity contribution in [1.29, 1.82) is 0 Å². The van der Waals surface area contributed by atoms with Crippen LogP contribution in [-0.2, 0) is 0 Å². The van der Waals surface area contributed by atoms with E-state index in [0.29, 0.717) is 36.0 Å². The molecule has 0 saturated heterocycles. The zero-order valence-electron chi connectivity index (χ0n) is 18.8. The van der Waals surface area contributed by atoms with E-state index in [1.165, 1.54) is 16.8 Å². The van der Waals surface area contributed by atoms with Crippen LogP contribution in [0.5, 0.6) is 11.5 Å². The summed E-state index contributed by atoms with van der Waals surface area (Å²) in [7, 11) is 1.64. The summed E-state index contributed by atoms with van der Waals surface area (Å²) in [6, 6.07) is 21.5. The number of halogens is 1. The second-order valence-electron chi connectivity index (χ2n) is 8.38. The van der Waals surface area contributed by atoms with Gasteiger partial charge >= 0.3 is 0 Å². The van der Waals surface area contributed by atoms with Crippen LogP contribution >= 0.6 is 15.9 Å². The quantitative estimate of drug-likeness (QED) is 0.281. The molecule has 4 nitrogen and oxygen atoms in total. The average molecular weight is 503 g/mol. The lowest BCUT2D eigenvalue weighted by molar-refractivity contribution is 0.309. The number of methoxy groups -OCH3 is 1. The molecule has 5 heteroatoms. The standard InChI is InChI=1S/C28H27BrN2O2/c1-3-33-28-24(29)15-18(16-26(28)32-2)17-30-20-13-11-19(12-14-20)27-23-9-6-8-21(23)22-7-4-5-10-25(22)31-27/h4-8,10-17,21,23,27,31H,3,9H2,1-2H3/t21-,23+,27+/m1/s1. The van der Waals surface area contributed by atoms with E-state index in [2.05, 4.69) is 86.9 Å². The minimum atomic E-state index is 0.296. The first-order chi connectivity index (χ1) is 16.2. The summed E-state index contributed by atoms with van der Waals surface area (Å²) in [4.78, 5) is 4.68. The zero-order chi connectivity index (χ0) is 22.8. The highest BCUT2D eigenvalue weighted by molar-refractivity contribution is 9.10. The minimum Gasteiger partial charge on any atom is -0.493 e. The summed E-state index contributed by atoms with van der Waals surface area (Å²) in [5.41, 5.74) is 5.81. The van der Waals surface area contributed by atoms with Crippen LogP contribution < -0.4 is 14.8 Å². The van der Waals surface area contributed by atoms with Gasteiger partial charge in [0, 0.05) is 17.8 Å². The van der Waals surface area contributed by atoms with Gasteiger partial charge in [0.2, 0.25) is 0 Å². The summed E-state index contributed by atoms with van der Waals surface area (Å²) in [5, 5.41) is 3.79. The topological polar surface area (TPSA) is 42.8 Å². The molecule has 0 amide bonds. The number of rotatable bonds is 6. The molecule has 33 heavy (non-hydrogen) atoms. The first kappa shape index (κ1) is 21.8. The van der Waals surface area contributed by atoms with Gasteiger partial charge in [0.05, 0.1) is 29.9 Å². The number of aliphatic imine (C=N–C) groups is 1. The normalized spacial score (nSPS) is 20.9. The molecule has 2 aliphatic rings. The molecule has 1 aliphatic carbocycles. The van der Waals surface area contributed by atoms with Crippen molar-refractivity contribution in [1.82, 2.24) is 0 Å². The molecule has 0 fully saturated rings. The van der Waals surface area contributed by atoms with Crippen LogP contribution in [0.1, 0.15) is 42.0 Å². The van der Waals surface area contributed by atoms with Crippen molar-refractivity contribution in [2.75, 3.05) is 19.0 Å². The Morgan fingerprint density at radius 3 is 2.73 bits per heavy atom. The van der Waals surface area contributed by atoms with Crippen LogP contribution in [-0.4, -0.2) is 19.9 Å². The van der Waals surface area contributed by atoms with Crippen molar-refractivity contribution in [3.05, 3.63) is 94.0 Å². The first-order valence-electron chi connectivity index (χ1n) is 11.3. The molecular formula is C28H27BrN2O2. The molecule has 0 unspecified atom stereocenters. The summed E-state index contributed by atoms with van der Waals surface area (Å²) in [6.07, 6.45) is 7.66. The Labute approximate surface area is 203 Å². The predicted molar refractivity (Wildman–Crippen MR) is 138 cm³/mol. The van der Waals surface area contributed by atoms with Crippen LogP contribution in [0.4, 0.5) is 11.4 Å². The fourth-order valence-electron chi connectivity index (χ4n) is 4.89. The molecule has 1 heterocycles. The van der Waals surface area contributed by atoms with E-state index >= 15 is 0 Å². The number of nitrogens with one attached hydrogen (secondary N) is 1. The highest BCUT2D eigenvalue weighted by atomic mass is 79.9. The van der Waals surface area contributed by atoms with Crippen LogP contribution in [0.15, 0.2) is 82.3 Å². The van der Waals surface area contributed by atoms with Gasteiger partial charge in [-0.15, -0.1) is 0 Å². The van der Waals surface area contributed by atoms with Gasteiger partial charge in [-0.3, -0.25) is 4.99 Å². The lowest BCUT2D eigenvalue weighted by atomic mass is 9.77. The third-order valence-corrected chi connectivity index (χ3v) is 7.02. The van der Waals surface area contributed by atoms with Crippen LogP contribution in [0.3, 0.4) is 0 Å². The molecule has 0 radical (unpaired) electrons. The highest BCUT2D eigenvalue weighted by Crippen LogP contribution is 2.49. The Morgan fingerprint density at radius 1 is 1.12 bits per heavy atom. The van der Waals surface area contributed by atoms with E-state index in [-0.39, 0.29) is 0 Å². The Kier molecular flexibility index (Phi) is 6.23. The molecule has 1 aliphatic heterocycles. The Bertz CT molecular complexity index is 1200. The van der Waals surface area contributed by atoms with Gasteiger partial charge in [0.15, 0.2) is 11.5 Å². The van der Waals surface area contributed by atoms with Crippen LogP contribution in [0.2, 0.25) is 0 Å². The molecule has 3 atom stereocenters. The smallest absolute Gasteiger partial charge is 0.175 e. The number of hydrogen-bond acceptors (Lipinski definition) is 4. The SMILES string of the molecule is CCOc1c(Br)cc(C=Nc2ccc([C@@H]3Nc4ccccc4[C@H]4C=CC[C@@H]43)cc2)cc1OC. The molecule has 3 aromatic carbocycles. The number of ether oxygens (including phenoxy) is 2. The van der Waals surface area contributed by atoms with E-state index in [4.69, 9.17) is 9.47 Å². The van der Waals surface area contributed by atoms with Crippen molar-refractivity contribution in [3.8, 4) is 11.5 Å². The molecule has 0 bridgehead atoms. The fraction of sp³-hybridized carbons (Fsp3) is 0.250. The molecule has 168 valence electrons. The number of para-hydroxylation sites is 1. The van der Waals surface area contributed by atoms with E-state index in [1.54, 1.807) is 7.11 Å². The van der Waals surface area contributed by atoms with Crippen LogP contribution in [0, 0.1) is 5.92 Å². The molecule has 1 N–H and O–H groups in total. The number of anilines is 1. The van der Waals surface area contributed by atoms with Gasteiger partial charge in [-0.2, -0.15) is 0 Å². The van der Waals surface area contributed by atoms with Gasteiger partial charge in [-0.1, -0.05) is 42.5 Å². The van der Waals surface area contributed by atoms with E-state index < -0.39 is 0 Å². The maximum absolute atomic E-state index is 5.67. The largest absolute Gasteiger partial charge is 0.493 e. The third kappa shape index (κ3) is 4.30. The number of hydrogen-bond donors (Lipinski definition) is 1. The first-order valence-corrected chi connectivity index (χ1v) is 12.1. The van der Waals surface area contributed by atoms with Crippen LogP contribution in [0.25, 0.3) is 0 Å². The lowest BCUT2D eigenvalue weighted by Gasteiger charge is -2.37. The Hall–Kier alpha value is -3.05. The van der Waals surface area contributed by atoms with Gasteiger partial charge in [-0.25, -0.2) is 0 Å². The minimum absolute atomic E-state index is 0.296. The van der Waals surface area contributed by atoms with Gasteiger partial charge in [0.1, 0.15) is 0 Å². The lowest BCUT2D eigenvalue weighted by Crippen LogP contribution is -2.28. The summed E-state index contributed by atoms with van der Waals surface area (Å²) >= 11 is 3.57. The average Bonchev–Trinajstić information content (AvgIpc) is 3.34. The van der Waals surface area contributed by atoms with Gasteiger partial charge in [0.25, 0.3) is 0 Å². The third-order valence-electron chi connectivity index (χ3n) is 6.43. The van der Waals surface area contributed by atoms with Gasteiger partial charge < -0.3 is 14.8 Å². The Balaban J connectivity index is 1.36. The predicted octanol–water partition coefficient (Wildman–Crippen LogP) is 7.43. The monoisotopic (exact) mass is 502 g/mol. The number of nitrogens with zero attached hydrogens (tertiary/aromatic N) is 1. The van der Waals surface area contributed by atoms with E-state index in [0.717, 1.165) is 22.1 Å². The number of allylic oxidation sites excluding steroid dienone is 2. The number of fused-ring (bicyclic) bond motifs is 3. The maximum atomic E-state index is 5.67. The van der Waals surface area contributed by atoms with Crippen molar-refractivity contribution in [2.24, 2.45) is 10.9 Å². The summed E-state index contributed by atoms with van der Waals surface area (Å²) in [5.74, 6) is 2.43. The Morgan fingerprint density at radius 2 is 1.94 bits per heavy atom. The molecule has 0 saturated carbocycles. The highest BCUT2D eigenvalue weighted by Gasteiger charge is 2.37. The van der Waals surface area contributed by atoms with E-state index in [9.17, 15) is 0 Å². The molecule has 3 aromatic rings. The number of benzene rings is 3. The van der Waals surface area contributed by atoms with Crippen molar-refractivity contribution in [3.63, 3.8) is 0 Å². The molecule has 0 aromatic heterocycles. The molecule has 5 rings (SSSR count). The fourth-order valence-corrected chi connectivity index (χ4v) is 5.46. The van der Waals surface area contributed by atoms with Gasteiger partial charge in [-0.05, 0) is 82.2 Å². The molecule has 0 spiro atoms. The van der Waals surface area contributed by atoms with Crippen molar-refractivity contribution < 1.29 is 9.47 Å². The van der Waals surface area contributed by atoms with Crippen molar-refractivity contribution >= 4 is 33.5 Å². The van der Waals surface area contributed by atoms with Crippen molar-refractivity contribution in [2.45, 2.75) is 25.3 Å². The zero-order valence-corrected chi connectivity index (χ0v) is 20.4.